The molecule has 1 aromatic heterocycles. The molecule has 0 atom stereocenters. The van der Waals surface area contributed by atoms with E-state index in [0.29, 0.717) is 0 Å². The van der Waals surface area contributed by atoms with Crippen molar-refractivity contribution in [3.8, 4) is 0 Å². The van der Waals surface area contributed by atoms with E-state index in [4.69, 9.17) is 5.11 Å². The number of aromatic nitrogens is 2. The molecular weight excluding hydrogens is 238 g/mol. The molecule has 0 bridgehead atoms. The van der Waals surface area contributed by atoms with E-state index in [-0.39, 0.29) is 5.75 Å². The Morgan fingerprint density at radius 3 is 2.82 bits per heavy atom. The van der Waals surface area contributed by atoms with Gasteiger partial charge in [0.15, 0.2) is 0 Å². The minimum atomic E-state index is -0.826. The zero-order valence-electron chi connectivity index (χ0n) is 9.50. The van der Waals surface area contributed by atoms with E-state index in [2.05, 4.69) is 14.9 Å². The number of aliphatic carboxylic acids is 1. The third kappa shape index (κ3) is 3.59. The first-order valence-electron chi connectivity index (χ1n) is 5.67. The highest BCUT2D eigenvalue weighted by Crippen LogP contribution is 2.21. The van der Waals surface area contributed by atoms with E-state index < -0.39 is 5.97 Å². The minimum Gasteiger partial charge on any atom is -0.481 e. The van der Waals surface area contributed by atoms with Gasteiger partial charge in [-0.3, -0.25) is 4.79 Å². The Morgan fingerprint density at radius 2 is 2.12 bits per heavy atom. The van der Waals surface area contributed by atoms with Crippen LogP contribution in [0, 0.1) is 0 Å². The van der Waals surface area contributed by atoms with Gasteiger partial charge in [-0.2, -0.15) is 0 Å². The Morgan fingerprint density at radius 1 is 1.35 bits per heavy atom. The Labute approximate surface area is 104 Å². The summed E-state index contributed by atoms with van der Waals surface area (Å²) in [7, 11) is 0. The molecule has 1 aliphatic heterocycles. The standard InChI is InChI=1S/C11H15N3O2S/c15-11(16)7-17-10-6-9(12-8-13-10)14-4-2-1-3-5-14/h6,8H,1-5,7H2,(H,15,16). The second kappa shape index (κ2) is 5.86. The van der Waals surface area contributed by atoms with Crippen LogP contribution >= 0.6 is 11.8 Å². The molecule has 2 heterocycles. The van der Waals surface area contributed by atoms with Crippen LogP contribution in [-0.2, 0) is 4.79 Å². The van der Waals surface area contributed by atoms with E-state index in [0.717, 1.165) is 23.9 Å². The maximum absolute atomic E-state index is 10.5. The summed E-state index contributed by atoms with van der Waals surface area (Å²) in [6.45, 7) is 2.06. The van der Waals surface area contributed by atoms with Crippen LogP contribution in [0.2, 0.25) is 0 Å². The van der Waals surface area contributed by atoms with Gasteiger partial charge in [0.2, 0.25) is 0 Å². The van der Waals surface area contributed by atoms with Gasteiger partial charge in [-0.15, -0.1) is 0 Å². The maximum atomic E-state index is 10.5. The molecule has 1 aliphatic rings. The number of carboxylic acid groups (broad SMARTS) is 1. The normalized spacial score (nSPS) is 15.9. The summed E-state index contributed by atoms with van der Waals surface area (Å²) in [5, 5.41) is 9.34. The quantitative estimate of drug-likeness (QED) is 0.650. The summed E-state index contributed by atoms with van der Waals surface area (Å²) < 4.78 is 0. The summed E-state index contributed by atoms with van der Waals surface area (Å²) in [5.41, 5.74) is 0. The van der Waals surface area contributed by atoms with Crippen molar-refractivity contribution in [2.75, 3.05) is 23.7 Å². The average Bonchev–Trinajstić information content (AvgIpc) is 2.38. The fourth-order valence-corrected chi connectivity index (χ4v) is 2.42. The maximum Gasteiger partial charge on any atom is 0.313 e. The van der Waals surface area contributed by atoms with Crippen LogP contribution in [0.5, 0.6) is 0 Å². The van der Waals surface area contributed by atoms with Crippen molar-refractivity contribution in [1.29, 1.82) is 0 Å². The molecule has 2 rings (SSSR count). The first-order valence-corrected chi connectivity index (χ1v) is 6.66. The molecule has 0 aromatic carbocycles. The fraction of sp³-hybridized carbons (Fsp3) is 0.545. The molecule has 1 aromatic rings. The molecule has 0 saturated carbocycles. The van der Waals surface area contributed by atoms with E-state index in [9.17, 15) is 4.79 Å². The van der Waals surface area contributed by atoms with Crippen molar-refractivity contribution >= 4 is 23.5 Å². The predicted molar refractivity (Wildman–Crippen MR) is 66.5 cm³/mol. The van der Waals surface area contributed by atoms with Crippen LogP contribution in [0.3, 0.4) is 0 Å². The molecule has 1 N–H and O–H groups in total. The van der Waals surface area contributed by atoms with Crippen molar-refractivity contribution in [1.82, 2.24) is 9.97 Å². The molecular formula is C11H15N3O2S. The number of carbonyl (C=O) groups is 1. The lowest BCUT2D eigenvalue weighted by Gasteiger charge is -2.27. The number of thioether (sulfide) groups is 1. The van der Waals surface area contributed by atoms with Crippen molar-refractivity contribution in [2.24, 2.45) is 0 Å². The summed E-state index contributed by atoms with van der Waals surface area (Å²) in [5.74, 6) is 0.122. The molecule has 0 unspecified atom stereocenters. The fourth-order valence-electron chi connectivity index (χ4n) is 1.84. The van der Waals surface area contributed by atoms with Gasteiger partial charge in [-0.05, 0) is 19.3 Å². The summed E-state index contributed by atoms with van der Waals surface area (Å²) >= 11 is 1.23. The van der Waals surface area contributed by atoms with Crippen LogP contribution < -0.4 is 4.90 Å². The number of anilines is 1. The predicted octanol–water partition coefficient (Wildman–Crippen LogP) is 1.64. The number of rotatable bonds is 4. The lowest BCUT2D eigenvalue weighted by molar-refractivity contribution is -0.133. The molecule has 92 valence electrons. The second-order valence-electron chi connectivity index (χ2n) is 3.94. The zero-order chi connectivity index (χ0) is 12.1. The number of nitrogens with zero attached hydrogens (tertiary/aromatic N) is 3. The second-order valence-corrected chi connectivity index (χ2v) is 4.94. The summed E-state index contributed by atoms with van der Waals surface area (Å²) in [6.07, 6.45) is 5.18. The third-order valence-corrected chi connectivity index (χ3v) is 3.56. The summed E-state index contributed by atoms with van der Waals surface area (Å²) in [4.78, 5) is 21.0. The number of carboxylic acids is 1. The molecule has 17 heavy (non-hydrogen) atoms. The average molecular weight is 253 g/mol. The van der Waals surface area contributed by atoms with Gasteiger partial charge >= 0.3 is 5.97 Å². The number of piperidine rings is 1. The Balaban J connectivity index is 2.02. The Kier molecular flexibility index (Phi) is 4.19. The van der Waals surface area contributed by atoms with Crippen LogP contribution in [0.25, 0.3) is 0 Å². The Bertz CT molecular complexity index is 394. The molecule has 1 fully saturated rings. The highest BCUT2D eigenvalue weighted by Gasteiger charge is 2.13. The monoisotopic (exact) mass is 253 g/mol. The molecule has 0 radical (unpaired) electrons. The van der Waals surface area contributed by atoms with Crippen molar-refractivity contribution in [3.63, 3.8) is 0 Å². The van der Waals surface area contributed by atoms with Gasteiger partial charge in [-0.1, -0.05) is 11.8 Å². The van der Waals surface area contributed by atoms with E-state index in [1.807, 2.05) is 6.07 Å². The summed E-state index contributed by atoms with van der Waals surface area (Å²) in [6, 6.07) is 1.87. The minimum absolute atomic E-state index is 0.0381. The topological polar surface area (TPSA) is 66.3 Å². The highest BCUT2D eigenvalue weighted by atomic mass is 32.2. The zero-order valence-corrected chi connectivity index (χ0v) is 10.3. The molecule has 1 saturated heterocycles. The number of hydrogen-bond acceptors (Lipinski definition) is 5. The molecule has 0 spiro atoms. The first kappa shape index (κ1) is 12.2. The lowest BCUT2D eigenvalue weighted by atomic mass is 10.1. The highest BCUT2D eigenvalue weighted by molar-refractivity contribution is 7.99. The largest absolute Gasteiger partial charge is 0.481 e. The lowest BCUT2D eigenvalue weighted by Crippen LogP contribution is -2.30. The number of hydrogen-bond donors (Lipinski definition) is 1. The SMILES string of the molecule is O=C(O)CSc1cc(N2CCCCC2)ncn1. The van der Waals surface area contributed by atoms with E-state index in [1.165, 1.54) is 37.4 Å². The molecule has 6 heteroatoms. The van der Waals surface area contributed by atoms with Gasteiger partial charge in [0, 0.05) is 19.2 Å². The van der Waals surface area contributed by atoms with Gasteiger partial charge in [-0.25, -0.2) is 9.97 Å². The van der Waals surface area contributed by atoms with Crippen LogP contribution in [0.15, 0.2) is 17.4 Å². The van der Waals surface area contributed by atoms with E-state index >= 15 is 0 Å². The van der Waals surface area contributed by atoms with Crippen molar-refractivity contribution in [2.45, 2.75) is 24.3 Å². The van der Waals surface area contributed by atoms with Crippen LogP contribution in [0.1, 0.15) is 19.3 Å². The first-order chi connectivity index (χ1) is 8.25. The van der Waals surface area contributed by atoms with Gasteiger partial charge in [0.1, 0.15) is 17.2 Å². The van der Waals surface area contributed by atoms with Crippen LogP contribution in [0.4, 0.5) is 5.82 Å². The smallest absolute Gasteiger partial charge is 0.313 e. The van der Waals surface area contributed by atoms with Gasteiger partial charge in [0.25, 0.3) is 0 Å². The van der Waals surface area contributed by atoms with E-state index in [1.54, 1.807) is 0 Å². The molecule has 5 nitrogen and oxygen atoms in total. The van der Waals surface area contributed by atoms with Crippen molar-refractivity contribution in [3.05, 3.63) is 12.4 Å². The Hall–Kier alpha value is -1.30. The van der Waals surface area contributed by atoms with Gasteiger partial charge in [0.05, 0.1) is 5.75 Å². The third-order valence-electron chi connectivity index (χ3n) is 2.65. The molecule has 0 amide bonds. The molecule has 0 aliphatic carbocycles. The van der Waals surface area contributed by atoms with Gasteiger partial charge < -0.3 is 10.0 Å². The van der Waals surface area contributed by atoms with Crippen LogP contribution in [-0.4, -0.2) is 39.9 Å². The van der Waals surface area contributed by atoms with Crippen molar-refractivity contribution < 1.29 is 9.90 Å².